The van der Waals surface area contributed by atoms with E-state index in [0.717, 1.165) is 24.3 Å². The van der Waals surface area contributed by atoms with Crippen LogP contribution in [0.1, 0.15) is 11.1 Å². The minimum absolute atomic E-state index is 0.0766. The molecule has 0 aromatic heterocycles. The van der Waals surface area contributed by atoms with Gasteiger partial charge in [-0.05, 0) is 49.2 Å². The van der Waals surface area contributed by atoms with E-state index >= 15 is 0 Å². The molecular weight excluding hydrogens is 464 g/mol. The molecule has 0 spiro atoms. The summed E-state index contributed by atoms with van der Waals surface area (Å²) in [6.45, 7) is 2.43. The van der Waals surface area contributed by atoms with Crippen molar-refractivity contribution in [1.82, 2.24) is 0 Å². The average Bonchev–Trinajstić information content (AvgIpc) is 2.52. The number of alkyl halides is 6. The van der Waals surface area contributed by atoms with Crippen molar-refractivity contribution in [3.63, 3.8) is 0 Å². The van der Waals surface area contributed by atoms with E-state index in [4.69, 9.17) is 0 Å². The molecule has 0 bridgehead atoms. The minimum atomic E-state index is -4.78. The number of hydrogen-bond acceptors (Lipinski definition) is 2. The Bertz CT molecular complexity index is 931. The number of hydrogen-bond donors (Lipinski definition) is 0. The van der Waals surface area contributed by atoms with E-state index in [1.807, 2.05) is 0 Å². The quantitative estimate of drug-likeness (QED) is 0.526. The first-order valence-corrected chi connectivity index (χ1v) is 10.7. The van der Waals surface area contributed by atoms with Crippen molar-refractivity contribution >= 4 is 21.6 Å². The molecule has 30 heavy (non-hydrogen) atoms. The Morgan fingerprint density at radius 3 is 1.23 bits per heavy atom. The summed E-state index contributed by atoms with van der Waals surface area (Å²) in [6.07, 6.45) is -9.55. The van der Waals surface area contributed by atoms with Gasteiger partial charge >= 0.3 is 12.4 Å². The summed E-state index contributed by atoms with van der Waals surface area (Å²) in [5.74, 6) is -5.60. The largest absolute Gasteiger partial charge is 0.400 e. The maximum atomic E-state index is 14.5. The highest BCUT2D eigenvalue weighted by atomic mass is 32.2. The van der Waals surface area contributed by atoms with Gasteiger partial charge < -0.3 is 0 Å². The van der Waals surface area contributed by atoms with E-state index in [9.17, 15) is 43.5 Å². The van der Waals surface area contributed by atoms with Crippen LogP contribution < -0.4 is 0 Å². The molecule has 12 heteroatoms. The molecule has 2 rings (SSSR count). The highest BCUT2D eigenvalue weighted by Gasteiger charge is 2.33. The number of aryl methyl sites for hydroxylation is 2. The normalized spacial score (nSPS) is 14.6. The molecule has 2 aromatic rings. The summed E-state index contributed by atoms with van der Waals surface area (Å²) in [7, 11) is -5.24. The molecule has 0 radical (unpaired) electrons. The van der Waals surface area contributed by atoms with Crippen LogP contribution in [-0.4, -0.2) is 32.3 Å². The number of halogens is 8. The van der Waals surface area contributed by atoms with Crippen molar-refractivity contribution in [2.45, 2.75) is 36.0 Å². The van der Waals surface area contributed by atoms with E-state index in [1.54, 1.807) is 0 Å². The van der Waals surface area contributed by atoms with Gasteiger partial charge in [-0.3, -0.25) is 8.42 Å². The van der Waals surface area contributed by atoms with Crippen LogP contribution in [0.5, 0.6) is 0 Å². The van der Waals surface area contributed by atoms with Crippen LogP contribution in [0.2, 0.25) is 0 Å². The zero-order valence-corrected chi connectivity index (χ0v) is 17.0. The van der Waals surface area contributed by atoms with Gasteiger partial charge in [-0.15, -0.1) is 0 Å². The second-order valence-corrected chi connectivity index (χ2v) is 9.24. The molecule has 0 aliphatic carbocycles. The van der Waals surface area contributed by atoms with E-state index in [2.05, 4.69) is 0 Å². The minimum Gasteiger partial charge on any atom is -0.254 e. The van der Waals surface area contributed by atoms with E-state index < -0.39 is 78.0 Å². The first kappa shape index (κ1) is 24.4. The first-order chi connectivity index (χ1) is 13.6. The predicted molar refractivity (Wildman–Crippen MR) is 95.9 cm³/mol. The third-order valence-corrected chi connectivity index (χ3v) is 6.94. The van der Waals surface area contributed by atoms with Crippen LogP contribution >= 0.6 is 0 Å². The molecule has 0 heterocycles. The zero-order valence-electron chi connectivity index (χ0n) is 15.4. The van der Waals surface area contributed by atoms with Gasteiger partial charge in [-0.25, -0.2) is 8.78 Å². The van der Waals surface area contributed by atoms with Crippen molar-refractivity contribution in [2.75, 3.05) is 11.5 Å². The smallest absolute Gasteiger partial charge is 0.254 e. The Morgan fingerprint density at radius 2 is 0.967 bits per heavy atom. The Hall–Kier alpha value is -1.82. The first-order valence-electron chi connectivity index (χ1n) is 8.10. The SMILES string of the molecule is Cc1cc(F)c(-c2cc(S(=O)CC(F)(F)F)c(C)cc2F)cc1S(=O)CC(F)(F)F. The molecule has 0 amide bonds. The molecule has 2 nitrogen and oxygen atoms in total. The lowest BCUT2D eigenvalue weighted by Crippen LogP contribution is -2.19. The van der Waals surface area contributed by atoms with Gasteiger partial charge in [0, 0.05) is 20.9 Å². The van der Waals surface area contributed by atoms with E-state index in [0.29, 0.717) is 0 Å². The Morgan fingerprint density at radius 1 is 0.667 bits per heavy atom. The van der Waals surface area contributed by atoms with Gasteiger partial charge in [0.2, 0.25) is 0 Å². The van der Waals surface area contributed by atoms with Gasteiger partial charge in [-0.2, -0.15) is 26.3 Å². The van der Waals surface area contributed by atoms with Crippen LogP contribution in [0.3, 0.4) is 0 Å². The monoisotopic (exact) mass is 478 g/mol. The maximum absolute atomic E-state index is 14.5. The summed E-state index contributed by atoms with van der Waals surface area (Å²) in [6, 6.07) is 3.03. The summed E-state index contributed by atoms with van der Waals surface area (Å²) >= 11 is 0. The molecule has 2 unspecified atom stereocenters. The molecular formula is C18H14F8O2S2. The van der Waals surface area contributed by atoms with Gasteiger partial charge in [0.1, 0.15) is 23.1 Å². The maximum Gasteiger partial charge on any atom is 0.400 e. The van der Waals surface area contributed by atoms with Crippen LogP contribution in [0, 0.1) is 25.5 Å². The number of rotatable bonds is 5. The van der Waals surface area contributed by atoms with Crippen LogP contribution in [0.15, 0.2) is 34.1 Å². The van der Waals surface area contributed by atoms with Crippen molar-refractivity contribution in [3.05, 3.63) is 47.0 Å². The standard InChI is InChI=1S/C18H14F8O2S2/c1-9-3-13(19)11(5-15(9)29(27)7-17(21,22)23)12-6-16(10(2)4-14(12)20)30(28)8-18(24,25)26/h3-6H,7-8H2,1-2H3. The predicted octanol–water partition coefficient (Wildman–Crippen LogP) is 5.59. The summed E-state index contributed by atoms with van der Waals surface area (Å²) in [5.41, 5.74) is -1.36. The summed E-state index contributed by atoms with van der Waals surface area (Å²) < 4.78 is 128. The highest BCUT2D eigenvalue weighted by molar-refractivity contribution is 7.85. The van der Waals surface area contributed by atoms with Crippen molar-refractivity contribution < 1.29 is 43.5 Å². The second kappa shape index (κ2) is 8.74. The second-order valence-electron chi connectivity index (χ2n) is 6.41. The topological polar surface area (TPSA) is 34.1 Å². The fourth-order valence-electron chi connectivity index (χ4n) is 2.66. The van der Waals surface area contributed by atoms with Gasteiger partial charge in [0.05, 0.1) is 21.6 Å². The Labute approximate surface area is 171 Å². The lowest BCUT2D eigenvalue weighted by atomic mass is 10.0. The molecule has 0 aliphatic rings. The van der Waals surface area contributed by atoms with Crippen LogP contribution in [0.25, 0.3) is 11.1 Å². The average molecular weight is 478 g/mol. The Balaban J connectivity index is 2.61. The third kappa shape index (κ3) is 6.10. The molecule has 0 aliphatic heterocycles. The molecule has 0 fully saturated rings. The molecule has 0 N–H and O–H groups in total. The zero-order chi connectivity index (χ0) is 23.0. The van der Waals surface area contributed by atoms with E-state index in [1.165, 1.54) is 13.8 Å². The molecule has 2 atom stereocenters. The molecule has 166 valence electrons. The molecule has 0 saturated carbocycles. The fraction of sp³-hybridized carbons (Fsp3) is 0.333. The van der Waals surface area contributed by atoms with E-state index in [-0.39, 0.29) is 11.1 Å². The highest BCUT2D eigenvalue weighted by Crippen LogP contribution is 2.34. The summed E-state index contributed by atoms with van der Waals surface area (Å²) in [5, 5.41) is 0. The summed E-state index contributed by atoms with van der Waals surface area (Å²) in [4.78, 5) is -0.802. The van der Waals surface area contributed by atoms with Crippen LogP contribution in [0.4, 0.5) is 35.1 Å². The van der Waals surface area contributed by atoms with Crippen molar-refractivity contribution in [1.29, 1.82) is 0 Å². The number of benzene rings is 2. The molecule has 0 saturated heterocycles. The molecule has 2 aromatic carbocycles. The van der Waals surface area contributed by atoms with Crippen molar-refractivity contribution in [3.8, 4) is 11.1 Å². The fourth-order valence-corrected chi connectivity index (χ4v) is 4.90. The van der Waals surface area contributed by atoms with Gasteiger partial charge in [-0.1, -0.05) is 0 Å². The lowest BCUT2D eigenvalue weighted by molar-refractivity contribution is -0.106. The van der Waals surface area contributed by atoms with Gasteiger partial charge in [0.15, 0.2) is 0 Å². The Kier molecular flexibility index (Phi) is 7.12. The lowest BCUT2D eigenvalue weighted by Gasteiger charge is -2.15. The van der Waals surface area contributed by atoms with Gasteiger partial charge in [0.25, 0.3) is 0 Å². The van der Waals surface area contributed by atoms with Crippen molar-refractivity contribution in [2.24, 2.45) is 0 Å². The third-order valence-electron chi connectivity index (χ3n) is 3.90. The van der Waals surface area contributed by atoms with Crippen LogP contribution in [-0.2, 0) is 21.6 Å².